The summed E-state index contributed by atoms with van der Waals surface area (Å²) in [5.74, 6) is 6.15. The third kappa shape index (κ3) is 2.21. The number of pyridine rings is 2. The van der Waals surface area contributed by atoms with Crippen LogP contribution in [0.15, 0.2) is 36.7 Å². The normalized spacial score (nSPS) is 18.8. The van der Waals surface area contributed by atoms with Gasteiger partial charge in [-0.3, -0.25) is 21.2 Å². The minimum absolute atomic E-state index is 0.0299. The van der Waals surface area contributed by atoms with E-state index in [2.05, 4.69) is 34.5 Å². The molecule has 3 rings (SSSR count). The molecule has 2 aromatic heterocycles. The molecular formula is C16H20N4. The summed E-state index contributed by atoms with van der Waals surface area (Å²) in [7, 11) is 0. The van der Waals surface area contributed by atoms with Crippen molar-refractivity contribution in [2.24, 2.45) is 5.84 Å². The van der Waals surface area contributed by atoms with Crippen LogP contribution in [0.3, 0.4) is 0 Å². The summed E-state index contributed by atoms with van der Waals surface area (Å²) < 4.78 is 0. The summed E-state index contributed by atoms with van der Waals surface area (Å²) in [6.07, 6.45) is 6.81. The standard InChI is InChI=1S/C16H20N4/c1-2-11-5-3-10-19-15(11)16(20-17)13-8-7-12-6-4-9-18-14(12)13/h3-6,9-10,13,16,20H,2,7-8,17H2,1H3. The highest BCUT2D eigenvalue weighted by Crippen LogP contribution is 2.40. The molecule has 0 aromatic carbocycles. The van der Waals surface area contributed by atoms with Crippen molar-refractivity contribution in [1.29, 1.82) is 0 Å². The second kappa shape index (κ2) is 5.69. The first-order valence-electron chi connectivity index (χ1n) is 7.18. The number of aromatic nitrogens is 2. The Kier molecular flexibility index (Phi) is 3.76. The van der Waals surface area contributed by atoms with E-state index in [1.165, 1.54) is 16.8 Å². The number of nitrogens with one attached hydrogen (secondary N) is 1. The second-order valence-electron chi connectivity index (χ2n) is 5.24. The first-order chi connectivity index (χ1) is 9.85. The molecule has 4 heteroatoms. The van der Waals surface area contributed by atoms with E-state index in [0.717, 1.165) is 25.0 Å². The van der Waals surface area contributed by atoms with Crippen molar-refractivity contribution in [1.82, 2.24) is 15.4 Å². The second-order valence-corrected chi connectivity index (χ2v) is 5.24. The van der Waals surface area contributed by atoms with E-state index in [1.54, 1.807) is 0 Å². The molecule has 0 fully saturated rings. The van der Waals surface area contributed by atoms with Crippen LogP contribution in [0.2, 0.25) is 0 Å². The van der Waals surface area contributed by atoms with Crippen molar-refractivity contribution in [3.05, 3.63) is 59.2 Å². The van der Waals surface area contributed by atoms with Crippen molar-refractivity contribution in [2.75, 3.05) is 0 Å². The zero-order chi connectivity index (χ0) is 13.9. The quantitative estimate of drug-likeness (QED) is 0.659. The van der Waals surface area contributed by atoms with Crippen LogP contribution in [0.1, 0.15) is 47.8 Å². The van der Waals surface area contributed by atoms with Gasteiger partial charge in [0.25, 0.3) is 0 Å². The molecule has 2 unspecified atom stereocenters. The van der Waals surface area contributed by atoms with Gasteiger partial charge < -0.3 is 0 Å². The third-order valence-corrected chi connectivity index (χ3v) is 4.19. The van der Waals surface area contributed by atoms with E-state index in [-0.39, 0.29) is 6.04 Å². The maximum Gasteiger partial charge on any atom is 0.0718 e. The van der Waals surface area contributed by atoms with Crippen LogP contribution in [0.5, 0.6) is 0 Å². The van der Waals surface area contributed by atoms with Gasteiger partial charge in [-0.1, -0.05) is 19.1 Å². The van der Waals surface area contributed by atoms with Crippen molar-refractivity contribution in [2.45, 2.75) is 38.1 Å². The summed E-state index contributed by atoms with van der Waals surface area (Å²) in [4.78, 5) is 9.14. The number of hydrogen-bond donors (Lipinski definition) is 2. The van der Waals surface area contributed by atoms with Gasteiger partial charge >= 0.3 is 0 Å². The van der Waals surface area contributed by atoms with Gasteiger partial charge in [0.15, 0.2) is 0 Å². The van der Waals surface area contributed by atoms with Gasteiger partial charge in [0.05, 0.1) is 11.7 Å². The molecule has 1 aliphatic carbocycles. The van der Waals surface area contributed by atoms with Crippen LogP contribution < -0.4 is 11.3 Å². The Morgan fingerprint density at radius 2 is 2.10 bits per heavy atom. The Labute approximate surface area is 119 Å². The van der Waals surface area contributed by atoms with Gasteiger partial charge in [-0.25, -0.2) is 0 Å². The maximum atomic E-state index is 5.85. The van der Waals surface area contributed by atoms with Gasteiger partial charge in [-0.05, 0) is 42.5 Å². The molecular weight excluding hydrogens is 248 g/mol. The number of hydrazine groups is 1. The highest BCUT2D eigenvalue weighted by molar-refractivity contribution is 5.34. The molecule has 4 nitrogen and oxygen atoms in total. The summed E-state index contributed by atoms with van der Waals surface area (Å²) in [6.45, 7) is 2.15. The molecule has 0 saturated heterocycles. The molecule has 0 bridgehead atoms. The lowest BCUT2D eigenvalue weighted by Crippen LogP contribution is -2.33. The van der Waals surface area contributed by atoms with Crippen LogP contribution in [0.4, 0.5) is 0 Å². The number of nitrogens with zero attached hydrogens (tertiary/aromatic N) is 2. The Hall–Kier alpha value is -1.78. The van der Waals surface area contributed by atoms with Crippen LogP contribution >= 0.6 is 0 Å². The molecule has 0 saturated carbocycles. The summed E-state index contributed by atoms with van der Waals surface area (Å²) in [5, 5.41) is 0. The monoisotopic (exact) mass is 268 g/mol. The number of fused-ring (bicyclic) bond motifs is 1. The molecule has 0 aliphatic heterocycles. The van der Waals surface area contributed by atoms with Crippen LogP contribution in [0, 0.1) is 0 Å². The molecule has 2 heterocycles. The zero-order valence-electron chi connectivity index (χ0n) is 11.7. The average Bonchev–Trinajstić information content (AvgIpc) is 2.93. The van der Waals surface area contributed by atoms with E-state index in [1.807, 2.05) is 24.5 Å². The fraction of sp³-hybridized carbons (Fsp3) is 0.375. The third-order valence-electron chi connectivity index (χ3n) is 4.19. The Balaban J connectivity index is 1.99. The molecule has 2 atom stereocenters. The summed E-state index contributed by atoms with van der Waals surface area (Å²) in [6, 6.07) is 8.30. The molecule has 0 spiro atoms. The minimum atomic E-state index is 0.0299. The number of hydrogen-bond acceptors (Lipinski definition) is 4. The first kappa shape index (κ1) is 13.2. The Bertz CT molecular complexity index is 597. The summed E-state index contributed by atoms with van der Waals surface area (Å²) >= 11 is 0. The fourth-order valence-corrected chi connectivity index (χ4v) is 3.18. The zero-order valence-corrected chi connectivity index (χ0v) is 11.7. The molecule has 1 aliphatic rings. The number of aryl methyl sites for hydroxylation is 2. The van der Waals surface area contributed by atoms with Crippen LogP contribution in [-0.2, 0) is 12.8 Å². The van der Waals surface area contributed by atoms with Crippen molar-refractivity contribution in [3.63, 3.8) is 0 Å². The molecule has 2 aromatic rings. The van der Waals surface area contributed by atoms with Crippen molar-refractivity contribution in [3.8, 4) is 0 Å². The highest BCUT2D eigenvalue weighted by Gasteiger charge is 2.32. The number of nitrogens with two attached hydrogens (primary N) is 1. The van der Waals surface area contributed by atoms with Gasteiger partial charge in [-0.15, -0.1) is 0 Å². The van der Waals surface area contributed by atoms with Gasteiger partial charge in [0.2, 0.25) is 0 Å². The van der Waals surface area contributed by atoms with Crippen LogP contribution in [0.25, 0.3) is 0 Å². The highest BCUT2D eigenvalue weighted by atomic mass is 15.2. The lowest BCUT2D eigenvalue weighted by molar-refractivity contribution is 0.435. The maximum absolute atomic E-state index is 5.85. The predicted molar refractivity (Wildman–Crippen MR) is 79.0 cm³/mol. The SMILES string of the molecule is CCc1cccnc1C(NN)C1CCc2cccnc21. The van der Waals surface area contributed by atoms with Gasteiger partial charge in [0, 0.05) is 24.0 Å². The lowest BCUT2D eigenvalue weighted by atomic mass is 9.91. The molecule has 0 radical (unpaired) electrons. The molecule has 0 amide bonds. The van der Waals surface area contributed by atoms with E-state index < -0.39 is 0 Å². The predicted octanol–water partition coefficient (Wildman–Crippen LogP) is 2.27. The summed E-state index contributed by atoms with van der Waals surface area (Å²) in [5.41, 5.74) is 7.79. The molecule has 20 heavy (non-hydrogen) atoms. The van der Waals surface area contributed by atoms with E-state index in [9.17, 15) is 0 Å². The fourth-order valence-electron chi connectivity index (χ4n) is 3.18. The smallest absolute Gasteiger partial charge is 0.0718 e. The van der Waals surface area contributed by atoms with Crippen molar-refractivity contribution < 1.29 is 0 Å². The lowest BCUT2D eigenvalue weighted by Gasteiger charge is -2.24. The first-order valence-corrected chi connectivity index (χ1v) is 7.18. The van der Waals surface area contributed by atoms with Crippen molar-refractivity contribution >= 4 is 0 Å². The van der Waals surface area contributed by atoms with E-state index in [4.69, 9.17) is 5.84 Å². The topological polar surface area (TPSA) is 63.8 Å². The average molecular weight is 268 g/mol. The molecule has 104 valence electrons. The molecule has 3 N–H and O–H groups in total. The Morgan fingerprint density at radius 1 is 1.30 bits per heavy atom. The van der Waals surface area contributed by atoms with Gasteiger partial charge in [-0.2, -0.15) is 0 Å². The Morgan fingerprint density at radius 3 is 2.90 bits per heavy atom. The van der Waals surface area contributed by atoms with E-state index in [0.29, 0.717) is 5.92 Å². The van der Waals surface area contributed by atoms with E-state index >= 15 is 0 Å². The van der Waals surface area contributed by atoms with Crippen LogP contribution in [-0.4, -0.2) is 9.97 Å². The van der Waals surface area contributed by atoms with Gasteiger partial charge in [0.1, 0.15) is 0 Å². The minimum Gasteiger partial charge on any atom is -0.271 e. The largest absolute Gasteiger partial charge is 0.271 e. The number of rotatable bonds is 4.